The second-order valence-corrected chi connectivity index (χ2v) is 13.8. The second kappa shape index (κ2) is 12.4. The second-order valence-electron chi connectivity index (χ2n) is 12.1. The van der Waals surface area contributed by atoms with Crippen molar-refractivity contribution in [2.45, 2.75) is 94.7 Å². The number of esters is 1. The number of rotatable bonds is 10. The fourth-order valence-corrected chi connectivity index (χ4v) is 7.62. The summed E-state index contributed by atoms with van der Waals surface area (Å²) in [6.07, 6.45) is 3.55. The molecule has 14 heteroatoms. The molecule has 6 rings (SSSR count). The Morgan fingerprint density at radius 2 is 1.91 bits per heavy atom. The van der Waals surface area contributed by atoms with Crippen LogP contribution in [0.3, 0.4) is 0 Å². The fourth-order valence-electron chi connectivity index (χ4n) is 6.10. The maximum absolute atomic E-state index is 14.3. The van der Waals surface area contributed by atoms with E-state index in [1.54, 1.807) is 73.1 Å². The van der Waals surface area contributed by atoms with Gasteiger partial charge in [0, 0.05) is 6.20 Å². The number of fused-ring (bicyclic) bond motifs is 2. The van der Waals surface area contributed by atoms with Crippen molar-refractivity contribution in [1.29, 1.82) is 5.26 Å². The Kier molecular flexibility index (Phi) is 8.65. The number of nitrogens with zero attached hydrogens (tertiary/aromatic N) is 3. The highest BCUT2D eigenvalue weighted by molar-refractivity contribution is 7.52. The molecule has 3 aromatic rings. The van der Waals surface area contributed by atoms with Crippen LogP contribution in [0.4, 0.5) is 5.69 Å². The molecule has 0 bridgehead atoms. The molecule has 3 N–H and O–H groups in total. The Hall–Kier alpha value is -3.50. The van der Waals surface area contributed by atoms with Gasteiger partial charge >= 0.3 is 13.7 Å². The van der Waals surface area contributed by atoms with Gasteiger partial charge in [-0.2, -0.15) is 15.4 Å². The molecule has 3 aliphatic rings. The minimum absolute atomic E-state index is 0.189. The summed E-state index contributed by atoms with van der Waals surface area (Å²) >= 11 is 0. The normalized spacial score (nSPS) is 28.2. The molecule has 45 heavy (non-hydrogen) atoms. The fraction of sp³-hybridized carbons (Fsp3) is 0.516. The number of carbonyl (C=O) groups excluding carboxylic acids is 1. The average molecular weight is 640 g/mol. The number of nitrogen functional groups attached to an aromatic ring is 1. The summed E-state index contributed by atoms with van der Waals surface area (Å²) in [5.41, 5.74) is 6.15. The van der Waals surface area contributed by atoms with E-state index in [2.05, 4.69) is 16.3 Å². The summed E-state index contributed by atoms with van der Waals surface area (Å²) in [5.74, 6) is -1.39. The van der Waals surface area contributed by atoms with Crippen LogP contribution in [-0.4, -0.2) is 57.9 Å². The first-order valence-corrected chi connectivity index (χ1v) is 16.7. The van der Waals surface area contributed by atoms with E-state index >= 15 is 0 Å². The van der Waals surface area contributed by atoms with Crippen molar-refractivity contribution in [3.05, 3.63) is 60.4 Å². The first-order chi connectivity index (χ1) is 21.5. The van der Waals surface area contributed by atoms with Crippen LogP contribution in [0.2, 0.25) is 0 Å². The number of hydrogen-bond acceptors (Lipinski definition) is 11. The van der Waals surface area contributed by atoms with E-state index in [0.717, 1.165) is 32.1 Å². The highest BCUT2D eigenvalue weighted by Crippen LogP contribution is 2.53. The van der Waals surface area contributed by atoms with E-state index in [-0.39, 0.29) is 11.9 Å². The van der Waals surface area contributed by atoms with Crippen molar-refractivity contribution in [3.63, 3.8) is 0 Å². The molecule has 1 saturated carbocycles. The van der Waals surface area contributed by atoms with Gasteiger partial charge in [-0.25, -0.2) is 9.08 Å². The number of nitrogens with two attached hydrogens (primary N) is 1. The SMILES string of the molecule is C[C@H](NP(=O)(OC[C@@]1(C#N)O[C@@H](c2ccc3c(N)ccnn23)[C@@H]2OC(C)(C)O[C@@H]21)Oc1ccccc1)C(=O)OC1CCCCC1. The van der Waals surface area contributed by atoms with Gasteiger partial charge in [0.05, 0.1) is 16.9 Å². The first kappa shape index (κ1) is 31.5. The molecule has 0 amide bonds. The van der Waals surface area contributed by atoms with Crippen molar-refractivity contribution in [2.24, 2.45) is 0 Å². The van der Waals surface area contributed by atoms with Crippen LogP contribution in [0, 0.1) is 11.3 Å². The monoisotopic (exact) mass is 639 g/mol. The lowest BCUT2D eigenvalue weighted by atomic mass is 9.96. The summed E-state index contributed by atoms with van der Waals surface area (Å²) in [6, 6.07) is 14.9. The third-order valence-electron chi connectivity index (χ3n) is 8.28. The van der Waals surface area contributed by atoms with Crippen LogP contribution >= 0.6 is 7.75 Å². The van der Waals surface area contributed by atoms with Crippen molar-refractivity contribution in [1.82, 2.24) is 14.7 Å². The summed E-state index contributed by atoms with van der Waals surface area (Å²) in [5, 5.41) is 17.7. The number of nitriles is 1. The van der Waals surface area contributed by atoms with Gasteiger partial charge in [0.25, 0.3) is 0 Å². The maximum atomic E-state index is 14.3. The predicted molar refractivity (Wildman–Crippen MR) is 162 cm³/mol. The Balaban J connectivity index is 1.26. The Morgan fingerprint density at radius 3 is 2.64 bits per heavy atom. The molecular formula is C31H38N5O8P. The highest BCUT2D eigenvalue weighted by atomic mass is 31.2. The van der Waals surface area contributed by atoms with Gasteiger partial charge in [-0.3, -0.25) is 9.32 Å². The van der Waals surface area contributed by atoms with Gasteiger partial charge in [-0.15, -0.1) is 0 Å². The number of benzene rings is 1. The Morgan fingerprint density at radius 1 is 1.16 bits per heavy atom. The van der Waals surface area contributed by atoms with Crippen LogP contribution in [0.15, 0.2) is 54.7 Å². The number of anilines is 1. The van der Waals surface area contributed by atoms with E-state index in [4.69, 9.17) is 33.7 Å². The number of para-hydroxylation sites is 1. The third kappa shape index (κ3) is 6.45. The van der Waals surface area contributed by atoms with E-state index in [0.29, 0.717) is 16.9 Å². The molecule has 6 atom stereocenters. The molecule has 2 saturated heterocycles. The molecule has 1 aliphatic carbocycles. The van der Waals surface area contributed by atoms with Crippen molar-refractivity contribution in [3.8, 4) is 11.8 Å². The van der Waals surface area contributed by atoms with E-state index in [1.807, 2.05) is 0 Å². The van der Waals surface area contributed by atoms with E-state index < -0.39 is 56.1 Å². The molecule has 240 valence electrons. The van der Waals surface area contributed by atoms with Crippen molar-refractivity contribution in [2.75, 3.05) is 12.3 Å². The lowest BCUT2D eigenvalue weighted by Crippen LogP contribution is -2.46. The zero-order valence-corrected chi connectivity index (χ0v) is 26.4. The molecule has 13 nitrogen and oxygen atoms in total. The van der Waals surface area contributed by atoms with Gasteiger partial charge in [-0.05, 0) is 76.8 Å². The smallest absolute Gasteiger partial charge is 0.459 e. The summed E-state index contributed by atoms with van der Waals surface area (Å²) in [6.45, 7) is 4.46. The molecule has 0 spiro atoms. The zero-order chi connectivity index (χ0) is 31.8. The Labute approximate surface area is 261 Å². The number of hydrogen-bond donors (Lipinski definition) is 2. The minimum Gasteiger partial charge on any atom is -0.461 e. The van der Waals surface area contributed by atoms with E-state index in [1.165, 1.54) is 6.92 Å². The highest BCUT2D eigenvalue weighted by Gasteiger charge is 2.65. The van der Waals surface area contributed by atoms with Crippen LogP contribution in [-0.2, 0) is 32.8 Å². The lowest BCUT2D eigenvalue weighted by Gasteiger charge is -2.31. The minimum atomic E-state index is -4.32. The van der Waals surface area contributed by atoms with Gasteiger partial charge in [-0.1, -0.05) is 24.6 Å². The molecule has 2 aromatic heterocycles. The van der Waals surface area contributed by atoms with Crippen LogP contribution in [0.25, 0.3) is 5.52 Å². The van der Waals surface area contributed by atoms with Gasteiger partial charge < -0.3 is 29.2 Å². The molecular weight excluding hydrogens is 601 g/mol. The first-order valence-electron chi connectivity index (χ1n) is 15.2. The van der Waals surface area contributed by atoms with Crippen molar-refractivity contribution >= 4 is 24.9 Å². The van der Waals surface area contributed by atoms with Crippen LogP contribution in [0.1, 0.15) is 64.7 Å². The maximum Gasteiger partial charge on any atom is 0.459 e. The van der Waals surface area contributed by atoms with Gasteiger partial charge in [0.1, 0.15) is 48.9 Å². The molecule has 1 unspecified atom stereocenters. The largest absolute Gasteiger partial charge is 0.461 e. The lowest BCUT2D eigenvalue weighted by molar-refractivity contribution is -0.204. The third-order valence-corrected chi connectivity index (χ3v) is 9.90. The number of nitrogens with one attached hydrogen (secondary N) is 1. The number of carbonyl (C=O) groups is 1. The average Bonchev–Trinajstić information content (AvgIpc) is 3.67. The number of aromatic nitrogens is 2. The molecule has 3 fully saturated rings. The quantitative estimate of drug-likeness (QED) is 0.229. The zero-order valence-electron chi connectivity index (χ0n) is 25.5. The summed E-state index contributed by atoms with van der Waals surface area (Å²) in [7, 11) is -4.32. The molecule has 4 heterocycles. The molecule has 1 aromatic carbocycles. The summed E-state index contributed by atoms with van der Waals surface area (Å²) in [4.78, 5) is 13.0. The predicted octanol–water partition coefficient (Wildman–Crippen LogP) is 4.83. The number of ether oxygens (including phenoxy) is 4. The molecule has 2 aliphatic heterocycles. The summed E-state index contributed by atoms with van der Waals surface area (Å²) < 4.78 is 52.3. The van der Waals surface area contributed by atoms with Crippen LogP contribution in [0.5, 0.6) is 5.75 Å². The standard InChI is InChI=1S/C31H38N5O8P/c1-20(29(37)40-21-10-6-4-7-11-21)35-45(38,44-22-12-8-5-9-13-22)39-19-31(18-32)28-27(41-30(2,3)43-28)26(42-31)25-15-14-24-23(33)16-17-34-36(24)25/h5,8-9,12-17,20-21,26-28H,4,6-7,10-11,19,33H2,1-3H3,(H,35,38)/t20-,26-,27-,28-,31+,45?/m0/s1. The Bertz CT molecular complexity index is 1620. The topological polar surface area (TPSA) is 169 Å². The van der Waals surface area contributed by atoms with Crippen molar-refractivity contribution < 1.29 is 37.4 Å². The van der Waals surface area contributed by atoms with Gasteiger partial charge in [0.2, 0.25) is 5.60 Å². The molecule has 0 radical (unpaired) electrons. The van der Waals surface area contributed by atoms with E-state index in [9.17, 15) is 14.6 Å². The van der Waals surface area contributed by atoms with Crippen LogP contribution < -0.4 is 15.3 Å². The van der Waals surface area contributed by atoms with Gasteiger partial charge in [0.15, 0.2) is 5.79 Å².